The van der Waals surface area contributed by atoms with Crippen molar-refractivity contribution in [3.05, 3.63) is 68.9 Å². The van der Waals surface area contributed by atoms with Gasteiger partial charge in [-0.05, 0) is 24.5 Å². The van der Waals surface area contributed by atoms with Gasteiger partial charge in [-0.3, -0.25) is 5.10 Å². The summed E-state index contributed by atoms with van der Waals surface area (Å²) >= 11 is 6.49. The van der Waals surface area contributed by atoms with Gasteiger partial charge in [-0.15, -0.1) is 0 Å². The van der Waals surface area contributed by atoms with Gasteiger partial charge in [-0.2, -0.15) is 5.10 Å². The number of benzene rings is 1. The molecule has 0 saturated heterocycles. The summed E-state index contributed by atoms with van der Waals surface area (Å²) in [5.74, 6) is 0.675. The maximum atomic E-state index is 7.78. The van der Waals surface area contributed by atoms with Crippen LogP contribution in [0.2, 0.25) is 5.02 Å². The Bertz CT molecular complexity index is 813. The molecule has 2 N–H and O–H groups in total. The van der Waals surface area contributed by atoms with Gasteiger partial charge in [-0.1, -0.05) is 56.5 Å². The number of nitrogens with zero attached hydrogens (tertiary/aromatic N) is 2. The molecular weight excluding hydrogens is 320 g/mol. The second-order valence-electron chi connectivity index (χ2n) is 6.02. The summed E-state index contributed by atoms with van der Waals surface area (Å²) in [6, 6.07) is 7.80. The lowest BCUT2D eigenvalue weighted by molar-refractivity contribution is 0.821. The van der Waals surface area contributed by atoms with Gasteiger partial charge in [0.15, 0.2) is 11.5 Å². The first-order valence-electron chi connectivity index (χ1n) is 8.40. The van der Waals surface area contributed by atoms with E-state index in [2.05, 4.69) is 34.2 Å². The van der Waals surface area contributed by atoms with Crippen molar-refractivity contribution in [3.63, 3.8) is 0 Å². The van der Waals surface area contributed by atoms with Crippen molar-refractivity contribution in [2.45, 2.75) is 45.4 Å². The number of nitrogens with one attached hydrogen (secondary N) is 2. The number of aryl methyl sites for hydroxylation is 1. The van der Waals surface area contributed by atoms with Crippen LogP contribution >= 0.6 is 11.6 Å². The Morgan fingerprint density at radius 3 is 2.62 bits per heavy atom. The zero-order chi connectivity index (χ0) is 17.1. The second-order valence-corrected chi connectivity index (χ2v) is 6.43. The van der Waals surface area contributed by atoms with Crippen molar-refractivity contribution in [2.75, 3.05) is 5.32 Å². The van der Waals surface area contributed by atoms with E-state index in [-0.39, 0.29) is 5.92 Å². The Hall–Kier alpha value is -2.25. The van der Waals surface area contributed by atoms with E-state index in [1.54, 1.807) is 0 Å². The van der Waals surface area contributed by atoms with Crippen molar-refractivity contribution in [2.24, 2.45) is 0 Å². The van der Waals surface area contributed by atoms with E-state index in [1.165, 1.54) is 0 Å². The molecule has 1 aromatic carbocycles. The Morgan fingerprint density at radius 2 is 1.96 bits per heavy atom. The van der Waals surface area contributed by atoms with Gasteiger partial charge in [-0.25, -0.2) is 4.85 Å². The quantitative estimate of drug-likeness (QED) is 0.705. The summed E-state index contributed by atoms with van der Waals surface area (Å²) in [7, 11) is 0. The molecule has 1 unspecified atom stereocenters. The highest BCUT2D eigenvalue weighted by Crippen LogP contribution is 2.46. The van der Waals surface area contributed by atoms with Crippen LogP contribution in [0.1, 0.15) is 55.8 Å². The Labute approximate surface area is 147 Å². The fourth-order valence-corrected chi connectivity index (χ4v) is 3.58. The van der Waals surface area contributed by atoms with Gasteiger partial charge in [0, 0.05) is 22.0 Å². The standard InChI is InChI=1S/C19H21ClN4/c1-4-8-14-17-16(12-10-6-7-11-13(12)20)18(21-3)15(9-5-2)22-19(17)24-23-14/h6-7,10-11,16H,4-5,8-9H2,1-2H3,(H2,22,23,24). The summed E-state index contributed by atoms with van der Waals surface area (Å²) < 4.78 is 0. The number of H-pyrrole nitrogens is 1. The minimum absolute atomic E-state index is 0.158. The van der Waals surface area contributed by atoms with E-state index >= 15 is 0 Å². The predicted octanol–water partition coefficient (Wildman–Crippen LogP) is 5.50. The number of aromatic amines is 1. The smallest absolute Gasteiger partial charge is 0.196 e. The lowest BCUT2D eigenvalue weighted by Crippen LogP contribution is -2.18. The molecule has 1 aliphatic rings. The first-order chi connectivity index (χ1) is 11.7. The van der Waals surface area contributed by atoms with E-state index < -0.39 is 0 Å². The highest BCUT2D eigenvalue weighted by atomic mass is 35.5. The van der Waals surface area contributed by atoms with Gasteiger partial charge in [0.2, 0.25) is 0 Å². The van der Waals surface area contributed by atoms with Crippen LogP contribution in [0.5, 0.6) is 0 Å². The Morgan fingerprint density at radius 1 is 1.21 bits per heavy atom. The first kappa shape index (κ1) is 16.6. The van der Waals surface area contributed by atoms with Crippen LogP contribution in [-0.4, -0.2) is 10.2 Å². The zero-order valence-corrected chi connectivity index (χ0v) is 14.7. The summed E-state index contributed by atoms with van der Waals surface area (Å²) in [4.78, 5) is 3.89. The fourth-order valence-electron chi connectivity index (χ4n) is 3.34. The molecule has 2 heterocycles. The Kier molecular flexibility index (Phi) is 4.92. The van der Waals surface area contributed by atoms with Crippen LogP contribution < -0.4 is 5.32 Å². The molecule has 3 rings (SSSR count). The van der Waals surface area contributed by atoms with Gasteiger partial charge in [0.05, 0.1) is 12.5 Å². The summed E-state index contributed by atoms with van der Waals surface area (Å²) in [5.41, 5.74) is 4.81. The van der Waals surface area contributed by atoms with Crippen molar-refractivity contribution in [1.29, 1.82) is 0 Å². The summed E-state index contributed by atoms with van der Waals surface area (Å²) in [5, 5.41) is 11.7. The minimum atomic E-state index is -0.158. The van der Waals surface area contributed by atoms with Crippen molar-refractivity contribution >= 4 is 17.4 Å². The number of fused-ring (bicyclic) bond motifs is 1. The van der Waals surface area contributed by atoms with E-state index in [0.717, 1.165) is 59.7 Å². The fraction of sp³-hybridized carbons (Fsp3) is 0.368. The molecule has 0 fully saturated rings. The monoisotopic (exact) mass is 340 g/mol. The molecule has 1 atom stereocenters. The number of hydrogen-bond donors (Lipinski definition) is 2. The molecule has 24 heavy (non-hydrogen) atoms. The highest BCUT2D eigenvalue weighted by molar-refractivity contribution is 6.31. The molecule has 0 radical (unpaired) electrons. The predicted molar refractivity (Wildman–Crippen MR) is 98.0 cm³/mol. The van der Waals surface area contributed by atoms with Crippen LogP contribution in [0, 0.1) is 6.57 Å². The van der Waals surface area contributed by atoms with E-state index in [9.17, 15) is 0 Å². The number of rotatable bonds is 5. The maximum absolute atomic E-state index is 7.78. The van der Waals surface area contributed by atoms with Crippen LogP contribution in [0.4, 0.5) is 5.82 Å². The molecule has 1 aromatic heterocycles. The zero-order valence-electron chi connectivity index (χ0n) is 14.0. The molecule has 0 amide bonds. The lowest BCUT2D eigenvalue weighted by atomic mass is 9.84. The third-order valence-electron chi connectivity index (χ3n) is 4.36. The number of hydrogen-bond acceptors (Lipinski definition) is 2. The molecule has 5 heteroatoms. The van der Waals surface area contributed by atoms with Crippen LogP contribution in [0.25, 0.3) is 4.85 Å². The molecule has 1 aliphatic heterocycles. The number of anilines is 1. The average Bonchev–Trinajstić information content (AvgIpc) is 2.98. The molecule has 124 valence electrons. The third kappa shape index (κ3) is 2.81. The van der Waals surface area contributed by atoms with Gasteiger partial charge in [0.25, 0.3) is 0 Å². The van der Waals surface area contributed by atoms with Crippen LogP contribution in [0.15, 0.2) is 35.7 Å². The van der Waals surface area contributed by atoms with Crippen LogP contribution in [-0.2, 0) is 6.42 Å². The number of halogens is 1. The SMILES string of the molecule is [C-]#[N+]C1=C(CCC)Nc2n[nH]c(CCC)c2C1c1ccccc1Cl. The summed E-state index contributed by atoms with van der Waals surface area (Å²) in [6.07, 6.45) is 3.72. The van der Waals surface area contributed by atoms with Gasteiger partial charge < -0.3 is 5.32 Å². The molecule has 2 aromatic rings. The molecule has 0 aliphatic carbocycles. The second kappa shape index (κ2) is 7.11. The van der Waals surface area contributed by atoms with Gasteiger partial charge >= 0.3 is 0 Å². The number of aromatic nitrogens is 2. The largest absolute Gasteiger partial charge is 0.352 e. The van der Waals surface area contributed by atoms with Gasteiger partial charge in [0.1, 0.15) is 0 Å². The third-order valence-corrected chi connectivity index (χ3v) is 4.70. The molecule has 0 spiro atoms. The first-order valence-corrected chi connectivity index (χ1v) is 8.78. The average molecular weight is 341 g/mol. The van der Waals surface area contributed by atoms with Crippen molar-refractivity contribution in [3.8, 4) is 0 Å². The van der Waals surface area contributed by atoms with E-state index in [4.69, 9.17) is 18.2 Å². The summed E-state index contributed by atoms with van der Waals surface area (Å²) in [6.45, 7) is 12.0. The minimum Gasteiger partial charge on any atom is -0.352 e. The van der Waals surface area contributed by atoms with E-state index in [1.807, 2.05) is 24.3 Å². The van der Waals surface area contributed by atoms with Crippen molar-refractivity contribution < 1.29 is 0 Å². The topological polar surface area (TPSA) is 45.1 Å². The molecular formula is C19H21ClN4. The van der Waals surface area contributed by atoms with Crippen LogP contribution in [0.3, 0.4) is 0 Å². The highest BCUT2D eigenvalue weighted by Gasteiger charge is 2.34. The number of allylic oxidation sites excluding steroid dienone is 2. The van der Waals surface area contributed by atoms with Crippen molar-refractivity contribution in [1.82, 2.24) is 10.2 Å². The Balaban J connectivity index is 2.23. The molecule has 0 saturated carbocycles. The molecule has 0 bridgehead atoms. The normalized spacial score (nSPS) is 16.5. The van der Waals surface area contributed by atoms with E-state index in [0.29, 0.717) is 5.02 Å². The maximum Gasteiger partial charge on any atom is 0.196 e. The lowest BCUT2D eigenvalue weighted by Gasteiger charge is -2.27. The molecule has 4 nitrogen and oxygen atoms in total.